The molecule has 0 aromatic rings. The minimum absolute atomic E-state index is 0.373. The van der Waals surface area contributed by atoms with Crippen molar-refractivity contribution in [3.8, 4) is 0 Å². The maximum atomic E-state index is 5.66. The normalized spacial score (nSPS) is 42.0. The zero-order valence-corrected chi connectivity index (χ0v) is 5.22. The van der Waals surface area contributed by atoms with Crippen molar-refractivity contribution in [1.29, 1.82) is 0 Å². The number of rotatable bonds is 0. The third kappa shape index (κ3) is 0.361. The monoisotopic (exact) mass is 112 g/mol. The van der Waals surface area contributed by atoms with Gasteiger partial charge < -0.3 is 5.73 Å². The Kier molecular flexibility index (Phi) is 0.649. The molecule has 2 rings (SSSR count). The minimum atomic E-state index is 0.373. The van der Waals surface area contributed by atoms with E-state index in [9.17, 15) is 0 Å². The molecule has 0 radical (unpaired) electrons. The van der Waals surface area contributed by atoms with Crippen LogP contribution in [0.15, 0.2) is 0 Å². The quantitative estimate of drug-likeness (QED) is 0.483. The first-order valence-corrected chi connectivity index (χ1v) is 3.23. The van der Waals surface area contributed by atoms with Crippen molar-refractivity contribution in [2.45, 2.75) is 31.0 Å². The second kappa shape index (κ2) is 1.09. The summed E-state index contributed by atoms with van der Waals surface area (Å²) in [5.74, 6) is 0. The lowest BCUT2D eigenvalue weighted by Gasteiger charge is -2.45. The first-order valence-electron chi connectivity index (χ1n) is 3.23. The lowest BCUT2D eigenvalue weighted by atomic mass is 9.98. The number of hydrogen-bond donors (Lipinski definition) is 1. The molecular weight excluding hydrogens is 100 g/mol. The molecule has 2 heteroatoms. The first kappa shape index (κ1) is 4.77. The lowest BCUT2D eigenvalue weighted by molar-refractivity contribution is 0.0281. The van der Waals surface area contributed by atoms with Crippen LogP contribution in [0.5, 0.6) is 0 Å². The summed E-state index contributed by atoms with van der Waals surface area (Å²) in [6.45, 7) is 0. The summed E-state index contributed by atoms with van der Waals surface area (Å²) in [6, 6.07) is 0. The third-order valence-corrected chi connectivity index (χ3v) is 2.66. The maximum Gasteiger partial charge on any atom is 0.0591 e. The van der Waals surface area contributed by atoms with E-state index in [1.807, 2.05) is 0 Å². The van der Waals surface area contributed by atoms with Gasteiger partial charge in [0.2, 0.25) is 0 Å². The van der Waals surface area contributed by atoms with Crippen LogP contribution in [-0.4, -0.2) is 23.7 Å². The molecule has 1 saturated heterocycles. The molecule has 46 valence electrons. The minimum Gasteiger partial charge on any atom is -0.316 e. The second-order valence-corrected chi connectivity index (χ2v) is 3.11. The molecule has 2 aliphatic rings. The standard InChI is InChI=1S/C6H12N2/c1-8-5(7)4-6(8)2-3-6/h5H,2-4,7H2,1H3. The van der Waals surface area contributed by atoms with Gasteiger partial charge in [0.1, 0.15) is 0 Å². The fourth-order valence-corrected chi connectivity index (χ4v) is 1.61. The van der Waals surface area contributed by atoms with Crippen molar-refractivity contribution in [3.05, 3.63) is 0 Å². The molecule has 0 aromatic carbocycles. The highest BCUT2D eigenvalue weighted by Crippen LogP contribution is 2.52. The fourth-order valence-electron chi connectivity index (χ4n) is 1.61. The van der Waals surface area contributed by atoms with Crippen LogP contribution in [0.2, 0.25) is 0 Å². The number of nitrogens with two attached hydrogens (primary N) is 1. The zero-order chi connectivity index (χ0) is 5.78. The molecular formula is C6H12N2. The Morgan fingerprint density at radius 1 is 1.62 bits per heavy atom. The average molecular weight is 112 g/mol. The molecule has 1 unspecified atom stereocenters. The zero-order valence-electron chi connectivity index (χ0n) is 5.22. The summed E-state index contributed by atoms with van der Waals surface area (Å²) in [4.78, 5) is 2.30. The second-order valence-electron chi connectivity index (χ2n) is 3.11. The number of hydrogen-bond acceptors (Lipinski definition) is 2. The Balaban J connectivity index is 2.06. The van der Waals surface area contributed by atoms with Gasteiger partial charge in [0.05, 0.1) is 6.17 Å². The molecule has 1 saturated carbocycles. The molecule has 0 amide bonds. The predicted molar refractivity (Wildman–Crippen MR) is 32.3 cm³/mol. The van der Waals surface area contributed by atoms with Gasteiger partial charge in [0.15, 0.2) is 0 Å². The largest absolute Gasteiger partial charge is 0.316 e. The van der Waals surface area contributed by atoms with E-state index in [0.717, 1.165) is 0 Å². The van der Waals surface area contributed by atoms with E-state index in [1.165, 1.54) is 19.3 Å². The van der Waals surface area contributed by atoms with E-state index < -0.39 is 0 Å². The highest BCUT2D eigenvalue weighted by molar-refractivity contribution is 5.12. The van der Waals surface area contributed by atoms with Crippen LogP contribution >= 0.6 is 0 Å². The SMILES string of the molecule is CN1C(N)CC12CC2. The van der Waals surface area contributed by atoms with Gasteiger partial charge >= 0.3 is 0 Å². The van der Waals surface area contributed by atoms with Gasteiger partial charge in [-0.25, -0.2) is 0 Å². The summed E-state index contributed by atoms with van der Waals surface area (Å²) < 4.78 is 0. The predicted octanol–water partition coefficient (Wildman–Crippen LogP) is 0.139. The Morgan fingerprint density at radius 3 is 2.38 bits per heavy atom. The topological polar surface area (TPSA) is 29.3 Å². The van der Waals surface area contributed by atoms with E-state index in [-0.39, 0.29) is 0 Å². The third-order valence-electron chi connectivity index (χ3n) is 2.66. The number of nitrogens with zero attached hydrogens (tertiary/aromatic N) is 1. The first-order chi connectivity index (χ1) is 3.75. The van der Waals surface area contributed by atoms with Gasteiger partial charge in [-0.1, -0.05) is 0 Å². The van der Waals surface area contributed by atoms with E-state index in [0.29, 0.717) is 11.7 Å². The molecule has 2 nitrogen and oxygen atoms in total. The van der Waals surface area contributed by atoms with E-state index in [4.69, 9.17) is 5.73 Å². The Morgan fingerprint density at radius 2 is 2.25 bits per heavy atom. The van der Waals surface area contributed by atoms with Crippen molar-refractivity contribution >= 4 is 0 Å². The van der Waals surface area contributed by atoms with Crippen molar-refractivity contribution in [3.63, 3.8) is 0 Å². The van der Waals surface area contributed by atoms with Crippen molar-refractivity contribution in [2.75, 3.05) is 7.05 Å². The van der Waals surface area contributed by atoms with Crippen LogP contribution in [-0.2, 0) is 0 Å². The smallest absolute Gasteiger partial charge is 0.0591 e. The van der Waals surface area contributed by atoms with Gasteiger partial charge in [0.25, 0.3) is 0 Å². The van der Waals surface area contributed by atoms with Gasteiger partial charge in [-0.2, -0.15) is 0 Å². The van der Waals surface area contributed by atoms with Gasteiger partial charge in [0, 0.05) is 5.54 Å². The summed E-state index contributed by atoms with van der Waals surface area (Å²) in [5.41, 5.74) is 6.27. The molecule has 1 aliphatic heterocycles. The maximum absolute atomic E-state index is 5.66. The summed E-state index contributed by atoms with van der Waals surface area (Å²) in [7, 11) is 2.13. The van der Waals surface area contributed by atoms with Gasteiger partial charge in [-0.3, -0.25) is 4.90 Å². The fraction of sp³-hybridized carbons (Fsp3) is 1.00. The van der Waals surface area contributed by atoms with Crippen LogP contribution in [0, 0.1) is 0 Å². The van der Waals surface area contributed by atoms with Crippen molar-refractivity contribution < 1.29 is 0 Å². The summed E-state index contributed by atoms with van der Waals surface area (Å²) in [5, 5.41) is 0. The Labute approximate surface area is 49.7 Å². The lowest BCUT2D eigenvalue weighted by Crippen LogP contribution is -2.59. The molecule has 0 bridgehead atoms. The van der Waals surface area contributed by atoms with E-state index in [2.05, 4.69) is 11.9 Å². The van der Waals surface area contributed by atoms with Gasteiger partial charge in [-0.05, 0) is 26.3 Å². The summed E-state index contributed by atoms with van der Waals surface area (Å²) in [6.07, 6.45) is 4.38. The van der Waals surface area contributed by atoms with Crippen molar-refractivity contribution in [2.24, 2.45) is 5.73 Å². The number of likely N-dealkylation sites (tertiary alicyclic amines) is 1. The molecule has 1 heterocycles. The van der Waals surface area contributed by atoms with Crippen molar-refractivity contribution in [1.82, 2.24) is 4.90 Å². The molecule has 2 fully saturated rings. The molecule has 1 aliphatic carbocycles. The van der Waals surface area contributed by atoms with Crippen LogP contribution in [0.4, 0.5) is 0 Å². The Hall–Kier alpha value is -0.0800. The average Bonchev–Trinajstić information content (AvgIpc) is 2.49. The highest BCUT2D eigenvalue weighted by Gasteiger charge is 2.56. The van der Waals surface area contributed by atoms with E-state index >= 15 is 0 Å². The van der Waals surface area contributed by atoms with Crippen LogP contribution in [0.1, 0.15) is 19.3 Å². The molecule has 2 N–H and O–H groups in total. The Bertz CT molecular complexity index is 118. The highest BCUT2D eigenvalue weighted by atomic mass is 15.3. The van der Waals surface area contributed by atoms with Gasteiger partial charge in [-0.15, -0.1) is 0 Å². The molecule has 8 heavy (non-hydrogen) atoms. The van der Waals surface area contributed by atoms with Crippen LogP contribution < -0.4 is 5.73 Å². The van der Waals surface area contributed by atoms with Crippen LogP contribution in [0.25, 0.3) is 0 Å². The summed E-state index contributed by atoms with van der Waals surface area (Å²) >= 11 is 0. The van der Waals surface area contributed by atoms with Crippen LogP contribution in [0.3, 0.4) is 0 Å². The molecule has 1 atom stereocenters. The molecule has 0 aromatic heterocycles. The van der Waals surface area contributed by atoms with E-state index in [1.54, 1.807) is 0 Å². The molecule has 1 spiro atoms.